The summed E-state index contributed by atoms with van der Waals surface area (Å²) in [5.41, 5.74) is 2.92. The average molecular weight is 287 g/mol. The minimum absolute atomic E-state index is 0.499. The Morgan fingerprint density at radius 3 is 2.67 bits per heavy atom. The van der Waals surface area contributed by atoms with Crippen LogP contribution in [0.15, 0.2) is 12.4 Å². The van der Waals surface area contributed by atoms with E-state index in [-0.39, 0.29) is 0 Å². The first-order chi connectivity index (χ1) is 10.0. The van der Waals surface area contributed by atoms with Crippen molar-refractivity contribution in [1.82, 2.24) is 19.9 Å². The molecule has 2 aromatic heterocycles. The normalized spacial score (nSPS) is 12.9. The lowest BCUT2D eigenvalue weighted by Crippen LogP contribution is -2.34. The standard InChI is InChI=1S/C16H25N5/c1-6-7-13(21(4)5)9-17-15-14-11(2)8-12(3)20-16(14)19-10-18-15/h8,10,13H,6-7,9H2,1-5H3,(H,17,18,19,20). The van der Waals surface area contributed by atoms with Gasteiger partial charge >= 0.3 is 0 Å². The summed E-state index contributed by atoms with van der Waals surface area (Å²) in [6.45, 7) is 7.17. The third kappa shape index (κ3) is 3.67. The fourth-order valence-corrected chi connectivity index (χ4v) is 2.63. The fourth-order valence-electron chi connectivity index (χ4n) is 2.63. The topological polar surface area (TPSA) is 53.9 Å². The lowest BCUT2D eigenvalue weighted by Gasteiger charge is -2.24. The van der Waals surface area contributed by atoms with E-state index >= 15 is 0 Å². The molecule has 0 amide bonds. The second-order valence-corrected chi connectivity index (χ2v) is 5.79. The van der Waals surface area contributed by atoms with Crippen molar-refractivity contribution in [1.29, 1.82) is 0 Å². The zero-order valence-corrected chi connectivity index (χ0v) is 13.6. The molecular formula is C16H25N5. The zero-order chi connectivity index (χ0) is 15.4. The molecule has 0 aliphatic carbocycles. The first-order valence-corrected chi connectivity index (χ1v) is 7.52. The third-order valence-corrected chi connectivity index (χ3v) is 3.79. The number of pyridine rings is 1. The van der Waals surface area contributed by atoms with Crippen LogP contribution in [0.3, 0.4) is 0 Å². The molecule has 0 fully saturated rings. The Kier molecular flexibility index (Phi) is 5.07. The number of hydrogen-bond acceptors (Lipinski definition) is 5. The van der Waals surface area contributed by atoms with Crippen molar-refractivity contribution in [3.05, 3.63) is 23.7 Å². The third-order valence-electron chi connectivity index (χ3n) is 3.79. The molecule has 114 valence electrons. The molecule has 0 saturated carbocycles. The van der Waals surface area contributed by atoms with Crippen LogP contribution >= 0.6 is 0 Å². The maximum Gasteiger partial charge on any atom is 0.165 e. The van der Waals surface area contributed by atoms with E-state index in [4.69, 9.17) is 0 Å². The van der Waals surface area contributed by atoms with Crippen LogP contribution in [0.1, 0.15) is 31.0 Å². The van der Waals surface area contributed by atoms with Gasteiger partial charge < -0.3 is 10.2 Å². The Morgan fingerprint density at radius 2 is 2.00 bits per heavy atom. The Labute approximate surface area is 126 Å². The van der Waals surface area contributed by atoms with Crippen LogP contribution in [-0.4, -0.2) is 46.5 Å². The lowest BCUT2D eigenvalue weighted by molar-refractivity contribution is 0.288. The van der Waals surface area contributed by atoms with Crippen LogP contribution in [0, 0.1) is 13.8 Å². The van der Waals surface area contributed by atoms with Crippen molar-refractivity contribution in [3.63, 3.8) is 0 Å². The maximum absolute atomic E-state index is 4.49. The van der Waals surface area contributed by atoms with E-state index in [0.29, 0.717) is 6.04 Å². The van der Waals surface area contributed by atoms with Crippen LogP contribution in [0.25, 0.3) is 11.0 Å². The summed E-state index contributed by atoms with van der Waals surface area (Å²) in [5.74, 6) is 0.882. The molecule has 0 aliphatic rings. The monoisotopic (exact) mass is 287 g/mol. The SMILES string of the molecule is CCCC(CNc1ncnc2nc(C)cc(C)c12)N(C)C. The number of fused-ring (bicyclic) bond motifs is 1. The molecule has 1 N–H and O–H groups in total. The quantitative estimate of drug-likeness (QED) is 0.885. The second-order valence-electron chi connectivity index (χ2n) is 5.79. The van der Waals surface area contributed by atoms with Gasteiger partial charge in [-0.05, 0) is 46.0 Å². The highest BCUT2D eigenvalue weighted by Crippen LogP contribution is 2.22. The van der Waals surface area contributed by atoms with Crippen molar-refractivity contribution in [3.8, 4) is 0 Å². The first-order valence-electron chi connectivity index (χ1n) is 7.52. The highest BCUT2D eigenvalue weighted by Gasteiger charge is 2.13. The van der Waals surface area contributed by atoms with E-state index in [1.807, 2.05) is 6.92 Å². The molecule has 2 aromatic rings. The Hall–Kier alpha value is -1.75. The molecule has 2 rings (SSSR count). The molecule has 5 nitrogen and oxygen atoms in total. The Balaban J connectivity index is 2.26. The van der Waals surface area contributed by atoms with Crippen molar-refractivity contribution in [2.24, 2.45) is 0 Å². The molecule has 0 radical (unpaired) electrons. The molecule has 1 atom stereocenters. The molecule has 0 aliphatic heterocycles. The van der Waals surface area contributed by atoms with Crippen LogP contribution in [0.4, 0.5) is 5.82 Å². The van der Waals surface area contributed by atoms with Crippen LogP contribution in [-0.2, 0) is 0 Å². The summed E-state index contributed by atoms with van der Waals surface area (Å²) in [5, 5.41) is 4.51. The van der Waals surface area contributed by atoms with Gasteiger partial charge in [-0.15, -0.1) is 0 Å². The number of hydrogen-bond donors (Lipinski definition) is 1. The predicted octanol–water partition coefficient (Wildman–Crippen LogP) is 2.78. The van der Waals surface area contributed by atoms with Crippen LogP contribution < -0.4 is 5.32 Å². The summed E-state index contributed by atoms with van der Waals surface area (Å²) >= 11 is 0. The molecule has 0 spiro atoms. The van der Waals surface area contributed by atoms with Gasteiger partial charge in [-0.3, -0.25) is 0 Å². The number of aryl methyl sites for hydroxylation is 2. The van der Waals surface area contributed by atoms with E-state index < -0.39 is 0 Å². The van der Waals surface area contributed by atoms with E-state index in [1.54, 1.807) is 6.33 Å². The van der Waals surface area contributed by atoms with Gasteiger partial charge in [0.2, 0.25) is 0 Å². The number of nitrogens with zero attached hydrogens (tertiary/aromatic N) is 4. The van der Waals surface area contributed by atoms with Crippen molar-refractivity contribution >= 4 is 16.9 Å². The molecule has 5 heteroatoms. The first kappa shape index (κ1) is 15.6. The number of aromatic nitrogens is 3. The number of rotatable bonds is 6. The van der Waals surface area contributed by atoms with Gasteiger partial charge in [-0.2, -0.15) is 0 Å². The van der Waals surface area contributed by atoms with Crippen LogP contribution in [0.2, 0.25) is 0 Å². The smallest absolute Gasteiger partial charge is 0.165 e. The number of nitrogens with one attached hydrogen (secondary N) is 1. The van der Waals surface area contributed by atoms with Crippen LogP contribution in [0.5, 0.6) is 0 Å². The summed E-state index contributed by atoms with van der Waals surface area (Å²) in [6.07, 6.45) is 3.93. The lowest BCUT2D eigenvalue weighted by atomic mass is 10.1. The summed E-state index contributed by atoms with van der Waals surface area (Å²) in [6, 6.07) is 2.57. The van der Waals surface area contributed by atoms with Gasteiger partial charge in [-0.25, -0.2) is 15.0 Å². The van der Waals surface area contributed by atoms with Gasteiger partial charge in [0.15, 0.2) is 5.65 Å². The summed E-state index contributed by atoms with van der Waals surface area (Å²) in [7, 11) is 4.24. The Bertz CT molecular complexity index is 609. The number of anilines is 1. The second kappa shape index (κ2) is 6.80. The van der Waals surface area contributed by atoms with Crippen molar-refractivity contribution < 1.29 is 0 Å². The molecule has 0 saturated heterocycles. The van der Waals surface area contributed by atoms with Gasteiger partial charge in [0.05, 0.1) is 5.39 Å². The van der Waals surface area contributed by atoms with Crippen molar-refractivity contribution in [2.45, 2.75) is 39.7 Å². The van der Waals surface area contributed by atoms with Gasteiger partial charge in [0.1, 0.15) is 12.1 Å². The van der Waals surface area contributed by atoms with E-state index in [0.717, 1.165) is 34.7 Å². The fraction of sp³-hybridized carbons (Fsp3) is 0.562. The molecule has 0 bridgehead atoms. The molecule has 2 heterocycles. The highest BCUT2D eigenvalue weighted by molar-refractivity contribution is 5.89. The van der Waals surface area contributed by atoms with Gasteiger partial charge in [0.25, 0.3) is 0 Å². The maximum atomic E-state index is 4.49. The number of likely N-dealkylation sites (N-methyl/N-ethyl adjacent to an activating group) is 1. The average Bonchev–Trinajstić information content (AvgIpc) is 2.42. The van der Waals surface area contributed by atoms with E-state index in [2.05, 4.69) is 59.2 Å². The zero-order valence-electron chi connectivity index (χ0n) is 13.6. The van der Waals surface area contributed by atoms with Crippen molar-refractivity contribution in [2.75, 3.05) is 26.0 Å². The largest absolute Gasteiger partial charge is 0.368 e. The predicted molar refractivity (Wildman–Crippen MR) is 87.7 cm³/mol. The molecule has 1 unspecified atom stereocenters. The summed E-state index contributed by atoms with van der Waals surface area (Å²) < 4.78 is 0. The van der Waals surface area contributed by atoms with E-state index in [9.17, 15) is 0 Å². The molecule has 0 aromatic carbocycles. The molecule has 21 heavy (non-hydrogen) atoms. The van der Waals surface area contributed by atoms with E-state index in [1.165, 1.54) is 12.8 Å². The van der Waals surface area contributed by atoms with Gasteiger partial charge in [0, 0.05) is 18.3 Å². The summed E-state index contributed by atoms with van der Waals surface area (Å²) in [4.78, 5) is 15.5. The van der Waals surface area contributed by atoms with Gasteiger partial charge in [-0.1, -0.05) is 13.3 Å². The highest BCUT2D eigenvalue weighted by atomic mass is 15.1. The molecular weight excluding hydrogens is 262 g/mol. The minimum atomic E-state index is 0.499. The minimum Gasteiger partial charge on any atom is -0.368 e. The Morgan fingerprint density at radius 1 is 1.24 bits per heavy atom.